The Morgan fingerprint density at radius 1 is 1.40 bits per heavy atom. The third-order valence-corrected chi connectivity index (χ3v) is 4.44. The van der Waals surface area contributed by atoms with Gasteiger partial charge in [-0.1, -0.05) is 43.9 Å². The number of ether oxygens (including phenoxy) is 1. The van der Waals surface area contributed by atoms with Gasteiger partial charge in [-0.3, -0.25) is 0 Å². The molecule has 2 rings (SSSR count). The Morgan fingerprint density at radius 2 is 2.10 bits per heavy atom. The van der Waals surface area contributed by atoms with Gasteiger partial charge in [0, 0.05) is 5.69 Å². The molecule has 3 heteroatoms. The largest absolute Gasteiger partial charge is 0.467 e. The van der Waals surface area contributed by atoms with Gasteiger partial charge in [-0.2, -0.15) is 0 Å². The summed E-state index contributed by atoms with van der Waals surface area (Å²) in [7, 11) is 1.48. The van der Waals surface area contributed by atoms with E-state index in [9.17, 15) is 4.79 Å². The van der Waals surface area contributed by atoms with Crippen molar-refractivity contribution < 1.29 is 9.53 Å². The minimum Gasteiger partial charge on any atom is -0.467 e. The summed E-state index contributed by atoms with van der Waals surface area (Å²) in [6.45, 7) is 4.26. The van der Waals surface area contributed by atoms with Crippen molar-refractivity contribution in [1.82, 2.24) is 0 Å². The molecule has 2 atom stereocenters. The summed E-state index contributed by atoms with van der Waals surface area (Å²) in [6, 6.07) is 8.20. The molecule has 1 aromatic rings. The summed E-state index contributed by atoms with van der Waals surface area (Å²) < 4.78 is 5.08. The lowest BCUT2D eigenvalue weighted by atomic mass is 9.74. The van der Waals surface area contributed by atoms with Crippen LogP contribution >= 0.6 is 0 Å². The summed E-state index contributed by atoms with van der Waals surface area (Å²) in [6.07, 6.45) is 5.12. The van der Waals surface area contributed by atoms with Crippen LogP contribution in [0.4, 0.5) is 5.69 Å². The number of nitrogens with one attached hydrogen (secondary N) is 1. The number of esters is 1. The average Bonchev–Trinajstić information content (AvgIpc) is 2.49. The van der Waals surface area contributed by atoms with Crippen molar-refractivity contribution in [2.45, 2.75) is 51.5 Å². The van der Waals surface area contributed by atoms with E-state index in [1.807, 2.05) is 12.1 Å². The van der Waals surface area contributed by atoms with Crippen LogP contribution in [0.2, 0.25) is 0 Å². The lowest BCUT2D eigenvalue weighted by Gasteiger charge is -2.39. The second-order valence-corrected chi connectivity index (χ2v) is 5.94. The number of rotatable bonds is 4. The summed E-state index contributed by atoms with van der Waals surface area (Å²) >= 11 is 0. The minimum absolute atomic E-state index is 0.128. The molecule has 0 aromatic heterocycles. The van der Waals surface area contributed by atoms with E-state index in [1.165, 1.54) is 19.1 Å². The van der Waals surface area contributed by atoms with Crippen LogP contribution in [0.3, 0.4) is 0 Å². The van der Waals surface area contributed by atoms with E-state index in [2.05, 4.69) is 31.3 Å². The van der Waals surface area contributed by atoms with Crippen molar-refractivity contribution in [2.75, 3.05) is 12.4 Å². The van der Waals surface area contributed by atoms with E-state index in [0.29, 0.717) is 5.92 Å². The molecule has 0 amide bonds. The van der Waals surface area contributed by atoms with Gasteiger partial charge < -0.3 is 10.1 Å². The molecule has 0 radical (unpaired) electrons. The van der Waals surface area contributed by atoms with Crippen molar-refractivity contribution >= 4 is 11.7 Å². The zero-order chi connectivity index (χ0) is 14.6. The van der Waals surface area contributed by atoms with E-state index in [1.54, 1.807) is 0 Å². The first-order valence-corrected chi connectivity index (χ1v) is 7.53. The van der Waals surface area contributed by atoms with E-state index >= 15 is 0 Å². The third-order valence-electron chi connectivity index (χ3n) is 4.44. The summed E-state index contributed by atoms with van der Waals surface area (Å²) in [5.41, 5.74) is 1.67. The second kappa shape index (κ2) is 6.29. The highest BCUT2D eigenvalue weighted by Gasteiger charge is 2.43. The summed E-state index contributed by atoms with van der Waals surface area (Å²) in [5, 5.41) is 3.46. The number of hydrogen-bond donors (Lipinski definition) is 1. The summed E-state index contributed by atoms with van der Waals surface area (Å²) in [5.74, 6) is 0.469. The molecule has 0 bridgehead atoms. The van der Waals surface area contributed by atoms with Crippen molar-refractivity contribution in [3.63, 3.8) is 0 Å². The minimum atomic E-state index is -0.553. The van der Waals surface area contributed by atoms with Crippen molar-refractivity contribution in [2.24, 2.45) is 5.92 Å². The second-order valence-electron chi connectivity index (χ2n) is 5.94. The quantitative estimate of drug-likeness (QED) is 0.846. The Bertz CT molecular complexity index is 455. The van der Waals surface area contributed by atoms with E-state index in [-0.39, 0.29) is 5.97 Å². The molecule has 0 spiro atoms. The first-order chi connectivity index (χ1) is 9.59. The van der Waals surface area contributed by atoms with Crippen LogP contribution in [0.1, 0.15) is 44.6 Å². The van der Waals surface area contributed by atoms with Crippen LogP contribution in [-0.4, -0.2) is 18.6 Å². The maximum absolute atomic E-state index is 12.3. The number of aryl methyl sites for hydroxylation is 1. The predicted molar refractivity (Wildman–Crippen MR) is 81.8 cm³/mol. The maximum Gasteiger partial charge on any atom is 0.331 e. The van der Waals surface area contributed by atoms with Gasteiger partial charge in [-0.05, 0) is 37.8 Å². The van der Waals surface area contributed by atoms with E-state index < -0.39 is 5.54 Å². The number of carbonyl (C=O) groups is 1. The highest BCUT2D eigenvalue weighted by Crippen LogP contribution is 2.37. The summed E-state index contributed by atoms with van der Waals surface area (Å²) in [4.78, 5) is 12.3. The fraction of sp³-hybridized carbons (Fsp3) is 0.588. The van der Waals surface area contributed by atoms with Crippen molar-refractivity contribution in [3.05, 3.63) is 29.8 Å². The van der Waals surface area contributed by atoms with Crippen LogP contribution in [0.15, 0.2) is 24.3 Å². The molecular formula is C17H25NO2. The van der Waals surface area contributed by atoms with E-state index in [0.717, 1.165) is 31.4 Å². The van der Waals surface area contributed by atoms with Crippen LogP contribution in [0.25, 0.3) is 0 Å². The smallest absolute Gasteiger partial charge is 0.331 e. The van der Waals surface area contributed by atoms with Crippen LogP contribution in [0.5, 0.6) is 0 Å². The number of carbonyl (C=O) groups excluding carboxylic acids is 1. The number of hydrogen-bond acceptors (Lipinski definition) is 3. The van der Waals surface area contributed by atoms with Crippen molar-refractivity contribution in [3.8, 4) is 0 Å². The predicted octanol–water partition coefficient (Wildman–Crippen LogP) is 3.92. The van der Waals surface area contributed by atoms with Gasteiger partial charge in [0.2, 0.25) is 0 Å². The lowest BCUT2D eigenvalue weighted by Crippen LogP contribution is -2.50. The van der Waals surface area contributed by atoms with Gasteiger partial charge in [0.15, 0.2) is 0 Å². The zero-order valence-electron chi connectivity index (χ0n) is 12.7. The van der Waals surface area contributed by atoms with Crippen LogP contribution in [0, 0.1) is 12.8 Å². The topological polar surface area (TPSA) is 38.3 Å². The Kier molecular flexibility index (Phi) is 4.69. The molecule has 1 aliphatic carbocycles. The van der Waals surface area contributed by atoms with Gasteiger partial charge in [0.25, 0.3) is 0 Å². The molecule has 3 nitrogen and oxygen atoms in total. The third kappa shape index (κ3) is 3.14. The average molecular weight is 275 g/mol. The SMILES string of the molecule is CCC1CCCC(Nc2ccc(C)cc2)(C(=O)OC)C1. The molecule has 1 aliphatic rings. The van der Waals surface area contributed by atoms with Gasteiger partial charge in [-0.25, -0.2) is 4.79 Å². The maximum atomic E-state index is 12.3. The molecule has 0 heterocycles. The molecule has 1 aromatic carbocycles. The number of methoxy groups -OCH3 is 1. The van der Waals surface area contributed by atoms with E-state index in [4.69, 9.17) is 4.74 Å². The Morgan fingerprint density at radius 3 is 2.70 bits per heavy atom. The first-order valence-electron chi connectivity index (χ1n) is 7.53. The Labute approximate surface area is 121 Å². The fourth-order valence-electron chi connectivity index (χ4n) is 3.20. The molecule has 1 N–H and O–H groups in total. The van der Waals surface area contributed by atoms with Gasteiger partial charge in [0.05, 0.1) is 7.11 Å². The molecule has 0 saturated heterocycles. The number of anilines is 1. The molecule has 20 heavy (non-hydrogen) atoms. The molecule has 1 saturated carbocycles. The highest BCUT2D eigenvalue weighted by molar-refractivity contribution is 5.84. The van der Waals surface area contributed by atoms with Crippen LogP contribution in [-0.2, 0) is 9.53 Å². The molecular weight excluding hydrogens is 250 g/mol. The molecule has 1 fully saturated rings. The molecule has 2 unspecified atom stereocenters. The Hall–Kier alpha value is -1.51. The number of benzene rings is 1. The fourth-order valence-corrected chi connectivity index (χ4v) is 3.20. The molecule has 0 aliphatic heterocycles. The first kappa shape index (κ1) is 14.9. The highest BCUT2D eigenvalue weighted by atomic mass is 16.5. The normalized spacial score (nSPS) is 26.1. The van der Waals surface area contributed by atoms with Crippen molar-refractivity contribution in [1.29, 1.82) is 0 Å². The standard InChI is InChI=1S/C17H25NO2/c1-4-14-6-5-11-17(12-14,16(19)20-3)18-15-9-7-13(2)8-10-15/h7-10,14,18H,4-6,11-12H2,1-3H3. The van der Waals surface area contributed by atoms with Gasteiger partial charge in [0.1, 0.15) is 5.54 Å². The monoisotopic (exact) mass is 275 g/mol. The Balaban J connectivity index is 2.22. The zero-order valence-corrected chi connectivity index (χ0v) is 12.7. The molecule has 110 valence electrons. The van der Waals surface area contributed by atoms with Crippen LogP contribution < -0.4 is 5.32 Å². The van der Waals surface area contributed by atoms with Gasteiger partial charge >= 0.3 is 5.97 Å². The lowest BCUT2D eigenvalue weighted by molar-refractivity contribution is -0.147. The van der Waals surface area contributed by atoms with Gasteiger partial charge in [-0.15, -0.1) is 0 Å².